The monoisotopic (exact) mass is 186 g/mol. The molecule has 0 unspecified atom stereocenters. The molecule has 0 aromatic heterocycles. The molecule has 1 N–H and O–H groups in total. The van der Waals surface area contributed by atoms with Crippen LogP contribution in [0, 0.1) is 6.57 Å². The number of amides is 1. The van der Waals surface area contributed by atoms with Crippen LogP contribution in [0.5, 0.6) is 0 Å². The minimum Gasteiger partial charge on any atom is -0.326 e. The van der Waals surface area contributed by atoms with E-state index in [2.05, 4.69) is 10.2 Å². The first-order valence-electron chi connectivity index (χ1n) is 4.13. The third-order valence-corrected chi connectivity index (χ3v) is 1.57. The first kappa shape index (κ1) is 10.0. The van der Waals surface area contributed by atoms with Gasteiger partial charge < -0.3 is 5.32 Å². The number of hydrogen-bond donors (Lipinski definition) is 1. The molecule has 1 aromatic carbocycles. The number of carbonyl (C=O) groups is 1. The number of hydrogen-bond acceptors (Lipinski definition) is 1. The van der Waals surface area contributed by atoms with Gasteiger partial charge in [-0.25, -0.2) is 4.85 Å². The molecule has 1 amide bonds. The molecule has 1 rings (SSSR count). The maximum absolute atomic E-state index is 10.7. The Bertz CT molecular complexity index is 385. The molecular formula is C11H10N2O. The summed E-state index contributed by atoms with van der Waals surface area (Å²) in [6, 6.07) is 7.27. The maximum Gasteiger partial charge on any atom is 0.221 e. The van der Waals surface area contributed by atoms with E-state index in [1.165, 1.54) is 13.1 Å². The van der Waals surface area contributed by atoms with Gasteiger partial charge in [0.15, 0.2) is 6.20 Å². The number of nitrogens with zero attached hydrogens (tertiary/aromatic N) is 1. The van der Waals surface area contributed by atoms with E-state index >= 15 is 0 Å². The van der Waals surface area contributed by atoms with E-state index in [1.54, 1.807) is 18.2 Å². The first-order valence-corrected chi connectivity index (χ1v) is 4.13. The van der Waals surface area contributed by atoms with Crippen molar-refractivity contribution in [2.24, 2.45) is 0 Å². The molecule has 3 heteroatoms. The summed E-state index contributed by atoms with van der Waals surface area (Å²) < 4.78 is 0. The van der Waals surface area contributed by atoms with E-state index in [1.807, 2.05) is 12.1 Å². The summed E-state index contributed by atoms with van der Waals surface area (Å²) in [4.78, 5) is 13.8. The van der Waals surface area contributed by atoms with Crippen molar-refractivity contribution in [2.75, 3.05) is 5.32 Å². The second-order valence-corrected chi connectivity index (χ2v) is 2.75. The van der Waals surface area contributed by atoms with Crippen molar-refractivity contribution in [3.05, 3.63) is 47.4 Å². The Labute approximate surface area is 82.9 Å². The molecule has 0 aliphatic rings. The summed E-state index contributed by atoms with van der Waals surface area (Å²) in [5.41, 5.74) is 1.70. The van der Waals surface area contributed by atoms with E-state index in [0.29, 0.717) is 0 Å². The van der Waals surface area contributed by atoms with Crippen LogP contribution in [0.4, 0.5) is 5.69 Å². The predicted octanol–water partition coefficient (Wildman–Crippen LogP) is 2.53. The Morgan fingerprint density at radius 2 is 2.07 bits per heavy atom. The van der Waals surface area contributed by atoms with Crippen molar-refractivity contribution in [3.63, 3.8) is 0 Å². The first-order chi connectivity index (χ1) is 6.72. The Kier molecular flexibility index (Phi) is 3.45. The normalized spacial score (nSPS) is 9.71. The van der Waals surface area contributed by atoms with Crippen molar-refractivity contribution in [1.29, 1.82) is 0 Å². The van der Waals surface area contributed by atoms with Gasteiger partial charge in [0.05, 0.1) is 6.57 Å². The minimum atomic E-state index is -0.0885. The third kappa shape index (κ3) is 3.11. The van der Waals surface area contributed by atoms with Crippen molar-refractivity contribution in [3.8, 4) is 0 Å². The summed E-state index contributed by atoms with van der Waals surface area (Å²) >= 11 is 0. The van der Waals surface area contributed by atoms with Crippen molar-refractivity contribution >= 4 is 17.7 Å². The van der Waals surface area contributed by atoms with E-state index < -0.39 is 0 Å². The van der Waals surface area contributed by atoms with Crippen LogP contribution in [-0.2, 0) is 4.79 Å². The standard InChI is InChI=1S/C11H10N2O/c1-9(14)13-11-5-3-10(4-6-11)7-8-12-2/h3-8H,1H3,(H,13,14). The highest BCUT2D eigenvalue weighted by Gasteiger charge is 1.93. The van der Waals surface area contributed by atoms with Crippen LogP contribution < -0.4 is 5.32 Å². The molecule has 0 spiro atoms. The molecule has 14 heavy (non-hydrogen) atoms. The zero-order valence-electron chi connectivity index (χ0n) is 7.82. The second-order valence-electron chi connectivity index (χ2n) is 2.75. The summed E-state index contributed by atoms with van der Waals surface area (Å²) in [7, 11) is 0. The Morgan fingerprint density at radius 3 is 2.57 bits per heavy atom. The van der Waals surface area contributed by atoms with Crippen molar-refractivity contribution in [1.82, 2.24) is 0 Å². The lowest BCUT2D eigenvalue weighted by molar-refractivity contribution is -0.114. The van der Waals surface area contributed by atoms with Gasteiger partial charge in [0.25, 0.3) is 0 Å². The molecule has 0 fully saturated rings. The molecule has 70 valence electrons. The number of nitrogens with one attached hydrogen (secondary N) is 1. The lowest BCUT2D eigenvalue weighted by atomic mass is 10.2. The van der Waals surface area contributed by atoms with Crippen LogP contribution in [0.2, 0.25) is 0 Å². The van der Waals surface area contributed by atoms with Gasteiger partial charge in [-0.1, -0.05) is 18.2 Å². The fourth-order valence-corrected chi connectivity index (χ4v) is 1.00. The topological polar surface area (TPSA) is 33.5 Å². The molecule has 3 nitrogen and oxygen atoms in total. The smallest absolute Gasteiger partial charge is 0.221 e. The van der Waals surface area contributed by atoms with Crippen LogP contribution in [0.1, 0.15) is 12.5 Å². The van der Waals surface area contributed by atoms with E-state index in [-0.39, 0.29) is 5.91 Å². The van der Waals surface area contributed by atoms with E-state index in [0.717, 1.165) is 11.3 Å². The van der Waals surface area contributed by atoms with Crippen LogP contribution in [0.3, 0.4) is 0 Å². The molecular weight excluding hydrogens is 176 g/mol. The Morgan fingerprint density at radius 1 is 1.43 bits per heavy atom. The van der Waals surface area contributed by atoms with Crippen molar-refractivity contribution in [2.45, 2.75) is 6.92 Å². The predicted molar refractivity (Wildman–Crippen MR) is 56.4 cm³/mol. The average molecular weight is 186 g/mol. The molecule has 0 atom stereocenters. The Balaban J connectivity index is 2.74. The zero-order chi connectivity index (χ0) is 10.4. The zero-order valence-corrected chi connectivity index (χ0v) is 7.82. The molecule has 0 saturated carbocycles. The summed E-state index contributed by atoms with van der Waals surface area (Å²) in [6.45, 7) is 8.03. The van der Waals surface area contributed by atoms with Crippen LogP contribution >= 0.6 is 0 Å². The fraction of sp³-hybridized carbons (Fsp3) is 0.0909. The number of anilines is 1. The van der Waals surface area contributed by atoms with Crippen molar-refractivity contribution < 1.29 is 4.79 Å². The minimum absolute atomic E-state index is 0.0885. The molecule has 0 heterocycles. The summed E-state index contributed by atoms with van der Waals surface area (Å²) in [5, 5.41) is 2.66. The second kappa shape index (κ2) is 4.83. The van der Waals surface area contributed by atoms with Gasteiger partial charge in [0.2, 0.25) is 5.91 Å². The van der Waals surface area contributed by atoms with Gasteiger partial charge in [-0.15, -0.1) is 0 Å². The lowest BCUT2D eigenvalue weighted by Crippen LogP contribution is -2.05. The molecule has 1 aromatic rings. The van der Waals surface area contributed by atoms with Gasteiger partial charge in [-0.05, 0) is 17.7 Å². The summed E-state index contributed by atoms with van der Waals surface area (Å²) in [6.07, 6.45) is 3.11. The van der Waals surface area contributed by atoms with Gasteiger partial charge >= 0.3 is 0 Å². The maximum atomic E-state index is 10.7. The lowest BCUT2D eigenvalue weighted by Gasteiger charge is -2.01. The fourth-order valence-electron chi connectivity index (χ4n) is 1.00. The molecule has 0 bridgehead atoms. The molecule has 0 aliphatic heterocycles. The van der Waals surface area contributed by atoms with Gasteiger partial charge in [0, 0.05) is 12.6 Å². The van der Waals surface area contributed by atoms with Crippen LogP contribution in [-0.4, -0.2) is 5.91 Å². The highest BCUT2D eigenvalue weighted by Crippen LogP contribution is 2.10. The Hall–Kier alpha value is -2.08. The number of carbonyl (C=O) groups excluding carboxylic acids is 1. The van der Waals surface area contributed by atoms with E-state index in [4.69, 9.17) is 6.57 Å². The highest BCUT2D eigenvalue weighted by atomic mass is 16.1. The molecule has 0 radical (unpaired) electrons. The number of rotatable bonds is 2. The van der Waals surface area contributed by atoms with Crippen LogP contribution in [0.25, 0.3) is 10.9 Å². The highest BCUT2D eigenvalue weighted by molar-refractivity contribution is 5.88. The quantitative estimate of drug-likeness (QED) is 0.707. The number of benzene rings is 1. The van der Waals surface area contributed by atoms with Crippen LogP contribution in [0.15, 0.2) is 30.5 Å². The molecule has 0 saturated heterocycles. The SMILES string of the molecule is [C-]#[N+]C=Cc1ccc(NC(C)=O)cc1. The van der Waals surface area contributed by atoms with Gasteiger partial charge in [0.1, 0.15) is 0 Å². The summed E-state index contributed by atoms with van der Waals surface area (Å²) in [5.74, 6) is -0.0885. The average Bonchev–Trinajstić information content (AvgIpc) is 2.16. The van der Waals surface area contributed by atoms with E-state index in [9.17, 15) is 4.79 Å². The largest absolute Gasteiger partial charge is 0.326 e. The molecule has 0 aliphatic carbocycles. The third-order valence-electron chi connectivity index (χ3n) is 1.57. The van der Waals surface area contributed by atoms with Gasteiger partial charge in [-0.2, -0.15) is 0 Å². The van der Waals surface area contributed by atoms with Gasteiger partial charge in [-0.3, -0.25) is 4.79 Å².